The molecule has 0 radical (unpaired) electrons. The summed E-state index contributed by atoms with van der Waals surface area (Å²) >= 11 is 1.65. The molecule has 1 aliphatic rings. The lowest BCUT2D eigenvalue weighted by Crippen LogP contribution is -2.38. The third kappa shape index (κ3) is 3.09. The molecule has 1 atom stereocenters. The molecule has 0 aromatic carbocycles. The summed E-state index contributed by atoms with van der Waals surface area (Å²) in [5, 5.41) is 12.5. The number of nitrogens with one attached hydrogen (secondary N) is 1. The molecule has 0 aliphatic heterocycles. The highest BCUT2D eigenvalue weighted by atomic mass is 32.1. The first-order valence-corrected chi connectivity index (χ1v) is 7.49. The van der Waals surface area contributed by atoms with Gasteiger partial charge < -0.3 is 15.2 Å². The van der Waals surface area contributed by atoms with E-state index in [1.54, 1.807) is 18.3 Å². The van der Waals surface area contributed by atoms with Crippen LogP contribution < -0.4 is 5.32 Å². The van der Waals surface area contributed by atoms with Gasteiger partial charge in [-0.1, -0.05) is 12.8 Å². The van der Waals surface area contributed by atoms with Gasteiger partial charge in [0.05, 0.1) is 13.2 Å². The zero-order valence-corrected chi connectivity index (χ0v) is 12.3. The average molecular weight is 283 g/mol. The molecule has 1 aliphatic carbocycles. The Bertz CT molecular complexity index is 436. The van der Waals surface area contributed by atoms with Crippen LogP contribution in [0.25, 0.3) is 0 Å². The molecule has 1 saturated carbocycles. The summed E-state index contributed by atoms with van der Waals surface area (Å²) in [6, 6.07) is 4.08. The summed E-state index contributed by atoms with van der Waals surface area (Å²) in [4.78, 5) is 13.5. The van der Waals surface area contributed by atoms with Gasteiger partial charge in [0.15, 0.2) is 0 Å². The molecule has 1 heterocycles. The Morgan fingerprint density at radius 2 is 2.21 bits per heavy atom. The molecule has 1 aromatic heterocycles. The highest BCUT2D eigenvalue weighted by Gasteiger charge is 2.37. The van der Waals surface area contributed by atoms with Crippen molar-refractivity contribution in [2.75, 3.05) is 13.7 Å². The molecule has 1 amide bonds. The zero-order valence-electron chi connectivity index (χ0n) is 11.4. The molecular weight excluding hydrogens is 262 g/mol. The normalized spacial score (nSPS) is 19.1. The minimum absolute atomic E-state index is 0.0198. The van der Waals surface area contributed by atoms with Crippen molar-refractivity contribution in [2.45, 2.75) is 44.1 Å². The Hall–Kier alpha value is -1.07. The third-order valence-corrected chi connectivity index (χ3v) is 5.38. The largest absolute Gasteiger partial charge is 0.453 e. The quantitative estimate of drug-likeness (QED) is 0.893. The van der Waals surface area contributed by atoms with Crippen molar-refractivity contribution >= 4 is 17.4 Å². The van der Waals surface area contributed by atoms with Crippen LogP contribution in [0.4, 0.5) is 4.79 Å². The summed E-state index contributed by atoms with van der Waals surface area (Å²) in [7, 11) is 1.38. The maximum Gasteiger partial charge on any atom is 0.406 e. The number of hydrogen-bond donors (Lipinski definition) is 2. The number of aliphatic hydroxyl groups excluding tert-OH is 1. The molecule has 1 fully saturated rings. The number of carbonyl (C=O) groups excluding carboxylic acids is 1. The van der Waals surface area contributed by atoms with Crippen molar-refractivity contribution in [1.29, 1.82) is 0 Å². The van der Waals surface area contributed by atoms with Crippen molar-refractivity contribution < 1.29 is 14.6 Å². The number of alkyl carbamates (subject to hydrolysis) is 1. The lowest BCUT2D eigenvalue weighted by atomic mass is 9.84. The van der Waals surface area contributed by atoms with Crippen molar-refractivity contribution in [3.05, 3.63) is 21.9 Å². The van der Waals surface area contributed by atoms with Crippen LogP contribution in [0.15, 0.2) is 12.1 Å². The number of ether oxygens (including phenoxy) is 1. The van der Waals surface area contributed by atoms with Gasteiger partial charge >= 0.3 is 6.09 Å². The molecule has 4 nitrogen and oxygen atoms in total. The highest BCUT2D eigenvalue weighted by molar-refractivity contribution is 7.12. The van der Waals surface area contributed by atoms with E-state index in [9.17, 15) is 9.90 Å². The Kier molecular flexibility index (Phi) is 4.47. The minimum Gasteiger partial charge on any atom is -0.453 e. The fourth-order valence-corrected chi connectivity index (χ4v) is 3.93. The van der Waals surface area contributed by atoms with Gasteiger partial charge in [0.2, 0.25) is 0 Å². The summed E-state index contributed by atoms with van der Waals surface area (Å²) in [5.74, 6) is 0. The Balaban J connectivity index is 2.15. The molecule has 5 heteroatoms. The van der Waals surface area contributed by atoms with E-state index in [4.69, 9.17) is 0 Å². The third-order valence-electron chi connectivity index (χ3n) is 3.88. The van der Waals surface area contributed by atoms with E-state index in [1.165, 1.54) is 24.8 Å². The van der Waals surface area contributed by atoms with Crippen molar-refractivity contribution in [3.63, 3.8) is 0 Å². The van der Waals surface area contributed by atoms with Gasteiger partial charge in [-0.25, -0.2) is 4.79 Å². The molecule has 1 aromatic rings. The zero-order chi connectivity index (χ0) is 13.9. The number of hydrogen-bond acceptors (Lipinski definition) is 4. The smallest absolute Gasteiger partial charge is 0.406 e. The summed E-state index contributed by atoms with van der Waals surface area (Å²) in [6.45, 7) is 2.39. The summed E-state index contributed by atoms with van der Waals surface area (Å²) in [5.41, 5.74) is 0.0198. The Morgan fingerprint density at radius 1 is 1.53 bits per heavy atom. The van der Waals surface area contributed by atoms with Crippen molar-refractivity contribution in [2.24, 2.45) is 0 Å². The van der Waals surface area contributed by atoms with Gasteiger partial charge in [-0.2, -0.15) is 0 Å². The number of carbonyl (C=O) groups is 1. The van der Waals surface area contributed by atoms with Gasteiger partial charge in [0, 0.05) is 21.7 Å². The van der Waals surface area contributed by atoms with Crippen LogP contribution in [0.1, 0.15) is 48.5 Å². The highest BCUT2D eigenvalue weighted by Crippen LogP contribution is 2.44. The first-order valence-electron chi connectivity index (χ1n) is 6.67. The molecule has 1 unspecified atom stereocenters. The van der Waals surface area contributed by atoms with Gasteiger partial charge in [-0.3, -0.25) is 0 Å². The maximum atomic E-state index is 11.3. The molecule has 19 heavy (non-hydrogen) atoms. The van der Waals surface area contributed by atoms with Gasteiger partial charge in [0.25, 0.3) is 0 Å². The van der Waals surface area contributed by atoms with Gasteiger partial charge in [-0.05, 0) is 31.9 Å². The first kappa shape index (κ1) is 14.3. The van der Waals surface area contributed by atoms with E-state index in [0.717, 1.165) is 17.7 Å². The fraction of sp³-hybridized carbons (Fsp3) is 0.643. The van der Waals surface area contributed by atoms with E-state index < -0.39 is 6.10 Å². The molecule has 2 N–H and O–H groups in total. The number of rotatable bonds is 4. The van der Waals surface area contributed by atoms with E-state index in [0.29, 0.717) is 6.54 Å². The first-order chi connectivity index (χ1) is 9.07. The Morgan fingerprint density at radius 3 is 2.74 bits per heavy atom. The second-order valence-electron chi connectivity index (χ2n) is 5.21. The van der Waals surface area contributed by atoms with Crippen molar-refractivity contribution in [1.82, 2.24) is 5.32 Å². The van der Waals surface area contributed by atoms with Crippen LogP contribution in [0.2, 0.25) is 0 Å². The standard InChI is InChI=1S/C14H21NO3S/c1-10(16)11-5-6-12(19-11)14(7-3-4-8-14)9-15-13(17)18-2/h5-6,10,16H,3-4,7-9H2,1-2H3,(H,15,17). The second-order valence-corrected chi connectivity index (χ2v) is 6.33. The van der Waals surface area contributed by atoms with Crippen LogP contribution in [-0.2, 0) is 10.2 Å². The van der Waals surface area contributed by atoms with Crippen LogP contribution in [-0.4, -0.2) is 24.9 Å². The van der Waals surface area contributed by atoms with Crippen molar-refractivity contribution in [3.8, 4) is 0 Å². The molecule has 0 bridgehead atoms. The lowest BCUT2D eigenvalue weighted by Gasteiger charge is -2.28. The van der Waals surface area contributed by atoms with Crippen LogP contribution in [0.3, 0.4) is 0 Å². The number of aliphatic hydroxyl groups is 1. The molecule has 2 rings (SSSR count). The summed E-state index contributed by atoms with van der Waals surface area (Å²) in [6.07, 6.45) is 3.73. The van der Waals surface area contributed by atoms with E-state index in [-0.39, 0.29) is 11.5 Å². The lowest BCUT2D eigenvalue weighted by molar-refractivity contribution is 0.167. The molecule has 0 spiro atoms. The van der Waals surface area contributed by atoms with E-state index >= 15 is 0 Å². The van der Waals surface area contributed by atoms with E-state index in [1.807, 2.05) is 6.07 Å². The van der Waals surface area contributed by atoms with Gasteiger partial charge in [-0.15, -0.1) is 11.3 Å². The maximum absolute atomic E-state index is 11.3. The molecule has 106 valence electrons. The monoisotopic (exact) mass is 283 g/mol. The number of methoxy groups -OCH3 is 1. The minimum atomic E-state index is -0.425. The SMILES string of the molecule is COC(=O)NCC1(c2ccc(C(C)O)s2)CCCC1. The van der Waals surface area contributed by atoms with E-state index in [2.05, 4.69) is 16.1 Å². The van der Waals surface area contributed by atoms with Crippen LogP contribution >= 0.6 is 11.3 Å². The number of amides is 1. The topological polar surface area (TPSA) is 58.6 Å². The van der Waals surface area contributed by atoms with Crippen LogP contribution in [0.5, 0.6) is 0 Å². The Labute approximate surface area is 117 Å². The van der Waals surface area contributed by atoms with Crippen LogP contribution in [0, 0.1) is 0 Å². The predicted octanol–water partition coefficient (Wildman–Crippen LogP) is 2.97. The predicted molar refractivity (Wildman–Crippen MR) is 75.5 cm³/mol. The number of thiophene rings is 1. The summed E-state index contributed by atoms with van der Waals surface area (Å²) < 4.78 is 4.65. The fourth-order valence-electron chi connectivity index (χ4n) is 2.74. The average Bonchev–Trinajstić information content (AvgIpc) is 3.05. The second kappa shape index (κ2) is 5.92. The molecular formula is C14H21NO3S. The molecule has 0 saturated heterocycles. The van der Waals surface area contributed by atoms with Gasteiger partial charge in [0.1, 0.15) is 0 Å².